The highest BCUT2D eigenvalue weighted by Gasteiger charge is 2.39. The monoisotopic (exact) mass is 437 g/mol. The van der Waals surface area contributed by atoms with Crippen LogP contribution in [-0.4, -0.2) is 31.0 Å². The summed E-state index contributed by atoms with van der Waals surface area (Å²) in [6.45, 7) is 0.205. The van der Waals surface area contributed by atoms with Gasteiger partial charge in [0.2, 0.25) is 6.23 Å². The van der Waals surface area contributed by atoms with Gasteiger partial charge in [-0.25, -0.2) is 4.79 Å². The first kappa shape index (κ1) is 20.8. The molecule has 0 saturated heterocycles. The average Bonchev–Trinajstić information content (AvgIpc) is 3.06. The Morgan fingerprint density at radius 1 is 0.968 bits per heavy atom. The van der Waals surface area contributed by atoms with E-state index in [9.17, 15) is 9.59 Å². The molecule has 1 atom stereocenters. The van der Waals surface area contributed by atoms with Crippen molar-refractivity contribution in [1.29, 1.82) is 0 Å². The summed E-state index contributed by atoms with van der Waals surface area (Å²) in [4.78, 5) is 27.6. The van der Waals surface area contributed by atoms with Gasteiger partial charge in [0.25, 0.3) is 5.91 Å². The second kappa shape index (κ2) is 8.70. The molecule has 3 aromatic rings. The van der Waals surface area contributed by atoms with Gasteiger partial charge in [0, 0.05) is 16.1 Å². The number of carbonyl (C=O) groups is 2. The van der Waals surface area contributed by atoms with Crippen molar-refractivity contribution in [3.63, 3.8) is 0 Å². The molecule has 0 aliphatic carbocycles. The minimum atomic E-state index is -0.874. The van der Waals surface area contributed by atoms with Crippen LogP contribution < -0.4 is 9.47 Å². The number of hydrogen-bond acceptors (Lipinski definition) is 5. The molecule has 1 heterocycles. The van der Waals surface area contributed by atoms with Gasteiger partial charge in [-0.05, 0) is 35.9 Å². The van der Waals surface area contributed by atoms with Crippen LogP contribution in [0, 0.1) is 0 Å². The third-order valence-corrected chi connectivity index (χ3v) is 5.51. The number of esters is 1. The largest absolute Gasteiger partial charge is 0.493 e. The zero-order chi connectivity index (χ0) is 22.0. The predicted octanol–water partition coefficient (Wildman–Crippen LogP) is 4.87. The second-order valence-corrected chi connectivity index (χ2v) is 7.35. The Kier molecular flexibility index (Phi) is 5.82. The van der Waals surface area contributed by atoms with Gasteiger partial charge in [-0.15, -0.1) is 0 Å². The van der Waals surface area contributed by atoms with E-state index in [2.05, 4.69) is 0 Å². The Labute approximate surface area is 184 Å². The fourth-order valence-electron chi connectivity index (χ4n) is 3.56. The van der Waals surface area contributed by atoms with Gasteiger partial charge < -0.3 is 14.2 Å². The molecule has 4 rings (SSSR count). The number of halogens is 1. The topological polar surface area (TPSA) is 65.1 Å². The lowest BCUT2D eigenvalue weighted by atomic mass is 10.1. The molecular formula is C24H20ClNO5. The van der Waals surface area contributed by atoms with Crippen LogP contribution in [0.3, 0.4) is 0 Å². The first-order valence-electron chi connectivity index (χ1n) is 9.59. The van der Waals surface area contributed by atoms with E-state index in [1.165, 1.54) is 19.1 Å². The van der Waals surface area contributed by atoms with Crippen molar-refractivity contribution < 1.29 is 23.8 Å². The fourth-order valence-corrected chi connectivity index (χ4v) is 3.76. The van der Waals surface area contributed by atoms with Crippen molar-refractivity contribution in [2.24, 2.45) is 0 Å². The number of rotatable bonds is 6. The predicted molar refractivity (Wildman–Crippen MR) is 115 cm³/mol. The Bertz CT molecular complexity index is 1150. The van der Waals surface area contributed by atoms with Crippen LogP contribution >= 0.6 is 11.6 Å². The Balaban J connectivity index is 1.66. The molecule has 31 heavy (non-hydrogen) atoms. The van der Waals surface area contributed by atoms with E-state index >= 15 is 0 Å². The minimum Gasteiger partial charge on any atom is -0.493 e. The zero-order valence-electron chi connectivity index (χ0n) is 17.0. The fraction of sp³-hybridized carbons (Fsp3) is 0.167. The molecule has 0 bridgehead atoms. The molecule has 0 spiro atoms. The van der Waals surface area contributed by atoms with E-state index in [1.54, 1.807) is 42.5 Å². The molecule has 1 aliphatic rings. The molecule has 0 aromatic heterocycles. The third-order valence-electron chi connectivity index (χ3n) is 5.14. The van der Waals surface area contributed by atoms with E-state index in [-0.39, 0.29) is 18.0 Å². The molecule has 1 aliphatic heterocycles. The molecule has 0 unspecified atom stereocenters. The maximum Gasteiger partial charge on any atom is 0.340 e. The average molecular weight is 438 g/mol. The van der Waals surface area contributed by atoms with Crippen molar-refractivity contribution in [3.05, 3.63) is 94.0 Å². The summed E-state index contributed by atoms with van der Waals surface area (Å²) in [5.41, 5.74) is 2.18. The standard InChI is InChI=1S/C24H20ClNO5/c1-29-20-12-11-15(13-21(20)30-2)24(28)31-23-18-9-5-4-8-17(18)22(27)26(23)14-16-7-3-6-10-19(16)25/h3-13,23H,14H2,1-2H3/t23-/m1/s1. The lowest BCUT2D eigenvalue weighted by Gasteiger charge is -2.25. The lowest BCUT2D eigenvalue weighted by Crippen LogP contribution is -2.30. The summed E-state index contributed by atoms with van der Waals surface area (Å²) in [6, 6.07) is 19.1. The number of hydrogen-bond donors (Lipinski definition) is 0. The van der Waals surface area contributed by atoms with Crippen molar-refractivity contribution in [1.82, 2.24) is 4.90 Å². The molecule has 0 N–H and O–H groups in total. The van der Waals surface area contributed by atoms with Crippen LogP contribution in [0.4, 0.5) is 0 Å². The summed E-state index contributed by atoms with van der Waals surface area (Å²) in [7, 11) is 3.01. The zero-order valence-corrected chi connectivity index (χ0v) is 17.8. The van der Waals surface area contributed by atoms with Crippen LogP contribution in [0.15, 0.2) is 66.7 Å². The molecule has 3 aromatic carbocycles. The van der Waals surface area contributed by atoms with E-state index < -0.39 is 12.2 Å². The highest BCUT2D eigenvalue weighted by Crippen LogP contribution is 2.37. The number of benzene rings is 3. The lowest BCUT2D eigenvalue weighted by molar-refractivity contribution is -0.0211. The Morgan fingerprint density at radius 2 is 1.68 bits per heavy atom. The van der Waals surface area contributed by atoms with Crippen molar-refractivity contribution in [3.8, 4) is 11.5 Å². The van der Waals surface area contributed by atoms with Gasteiger partial charge in [0.15, 0.2) is 11.5 Å². The second-order valence-electron chi connectivity index (χ2n) is 6.94. The van der Waals surface area contributed by atoms with Gasteiger partial charge in [-0.3, -0.25) is 9.69 Å². The summed E-state index contributed by atoms with van der Waals surface area (Å²) in [6.07, 6.45) is -0.874. The minimum absolute atomic E-state index is 0.205. The van der Waals surface area contributed by atoms with Gasteiger partial charge >= 0.3 is 5.97 Å². The maximum atomic E-state index is 13.1. The van der Waals surface area contributed by atoms with Crippen LogP contribution in [0.2, 0.25) is 5.02 Å². The van der Waals surface area contributed by atoms with Crippen LogP contribution in [-0.2, 0) is 11.3 Å². The molecule has 0 fully saturated rings. The molecular weight excluding hydrogens is 418 g/mol. The normalized spacial score (nSPS) is 14.9. The first-order chi connectivity index (χ1) is 15.0. The highest BCUT2D eigenvalue weighted by atomic mass is 35.5. The number of amides is 1. The van der Waals surface area contributed by atoms with Crippen molar-refractivity contribution >= 4 is 23.5 Å². The quantitative estimate of drug-likeness (QED) is 0.515. The van der Waals surface area contributed by atoms with E-state index in [0.29, 0.717) is 27.6 Å². The van der Waals surface area contributed by atoms with Gasteiger partial charge in [0.1, 0.15) is 0 Å². The van der Waals surface area contributed by atoms with Gasteiger partial charge in [0.05, 0.1) is 26.3 Å². The van der Waals surface area contributed by atoms with Crippen LogP contribution in [0.1, 0.15) is 38.1 Å². The van der Waals surface area contributed by atoms with Crippen molar-refractivity contribution in [2.45, 2.75) is 12.8 Å². The number of fused-ring (bicyclic) bond motifs is 1. The van der Waals surface area contributed by atoms with Gasteiger partial charge in [-0.1, -0.05) is 48.0 Å². The molecule has 7 heteroatoms. The Hall–Kier alpha value is -3.51. The summed E-state index contributed by atoms with van der Waals surface area (Å²) in [5.74, 6) is 0.105. The summed E-state index contributed by atoms with van der Waals surface area (Å²) >= 11 is 6.30. The van der Waals surface area contributed by atoms with Crippen LogP contribution in [0.25, 0.3) is 0 Å². The number of methoxy groups -OCH3 is 2. The molecule has 158 valence electrons. The van der Waals surface area contributed by atoms with E-state index in [1.807, 2.05) is 24.3 Å². The smallest absolute Gasteiger partial charge is 0.340 e. The molecule has 0 saturated carbocycles. The maximum absolute atomic E-state index is 13.1. The number of ether oxygens (including phenoxy) is 3. The number of nitrogens with zero attached hydrogens (tertiary/aromatic N) is 1. The van der Waals surface area contributed by atoms with E-state index in [0.717, 1.165) is 5.56 Å². The summed E-state index contributed by atoms with van der Waals surface area (Å²) < 4.78 is 16.3. The molecule has 1 amide bonds. The van der Waals surface area contributed by atoms with Crippen molar-refractivity contribution in [2.75, 3.05) is 14.2 Å². The summed E-state index contributed by atoms with van der Waals surface area (Å²) in [5, 5.41) is 0.538. The SMILES string of the molecule is COc1ccc(C(=O)O[C@@H]2c3ccccc3C(=O)N2Cc2ccccc2Cl)cc1OC. The third kappa shape index (κ3) is 3.94. The molecule has 0 radical (unpaired) electrons. The molecule has 6 nitrogen and oxygen atoms in total. The van der Waals surface area contributed by atoms with E-state index in [4.69, 9.17) is 25.8 Å². The highest BCUT2D eigenvalue weighted by molar-refractivity contribution is 6.31. The first-order valence-corrected chi connectivity index (χ1v) is 9.97. The Morgan fingerprint density at radius 3 is 2.42 bits per heavy atom. The number of carbonyl (C=O) groups excluding carboxylic acids is 2. The van der Waals surface area contributed by atoms with Crippen LogP contribution in [0.5, 0.6) is 11.5 Å². The van der Waals surface area contributed by atoms with Gasteiger partial charge in [-0.2, -0.15) is 0 Å².